The van der Waals surface area contributed by atoms with Crippen molar-refractivity contribution in [2.75, 3.05) is 26.2 Å². The largest absolute Gasteiger partial charge is 0.390 e. The Labute approximate surface area is 107 Å². The zero-order valence-corrected chi connectivity index (χ0v) is 12.0. The monoisotopic (exact) mass is 242 g/mol. The molecule has 3 nitrogen and oxygen atoms in total. The molecule has 102 valence electrons. The highest BCUT2D eigenvalue weighted by molar-refractivity contribution is 4.76. The molecular formula is C14H30N2O. The van der Waals surface area contributed by atoms with Crippen LogP contribution in [-0.2, 0) is 0 Å². The first-order valence-corrected chi connectivity index (χ1v) is 7.05. The predicted octanol–water partition coefficient (Wildman–Crippen LogP) is 1.86. The first-order valence-electron chi connectivity index (χ1n) is 7.05. The predicted molar refractivity (Wildman–Crippen MR) is 73.2 cm³/mol. The van der Waals surface area contributed by atoms with Crippen molar-refractivity contribution in [1.29, 1.82) is 0 Å². The molecule has 0 atom stereocenters. The van der Waals surface area contributed by atoms with E-state index < -0.39 is 5.60 Å². The molecule has 1 heterocycles. The smallest absolute Gasteiger partial charge is 0.0603 e. The zero-order valence-electron chi connectivity index (χ0n) is 12.0. The lowest BCUT2D eigenvalue weighted by atomic mass is 9.95. The van der Waals surface area contributed by atoms with E-state index in [1.165, 1.54) is 25.9 Å². The maximum Gasteiger partial charge on any atom is 0.0603 e. The second-order valence-corrected chi connectivity index (χ2v) is 6.41. The van der Waals surface area contributed by atoms with Gasteiger partial charge in [0.1, 0.15) is 0 Å². The first-order chi connectivity index (χ1) is 7.87. The van der Waals surface area contributed by atoms with Crippen molar-refractivity contribution in [3.05, 3.63) is 0 Å². The summed E-state index contributed by atoms with van der Waals surface area (Å²) < 4.78 is 0. The number of hydrogen-bond acceptors (Lipinski definition) is 3. The van der Waals surface area contributed by atoms with Gasteiger partial charge in [-0.3, -0.25) is 0 Å². The third-order valence-electron chi connectivity index (χ3n) is 3.56. The lowest BCUT2D eigenvalue weighted by Crippen LogP contribution is -2.40. The second-order valence-electron chi connectivity index (χ2n) is 6.41. The van der Waals surface area contributed by atoms with Crippen LogP contribution in [0.15, 0.2) is 0 Å². The first kappa shape index (κ1) is 14.9. The maximum absolute atomic E-state index is 9.71. The molecule has 17 heavy (non-hydrogen) atoms. The molecule has 0 aromatic heterocycles. The van der Waals surface area contributed by atoms with Crippen molar-refractivity contribution in [2.24, 2.45) is 5.92 Å². The Hall–Kier alpha value is -0.120. The van der Waals surface area contributed by atoms with Gasteiger partial charge in [0.05, 0.1) is 5.60 Å². The van der Waals surface area contributed by atoms with Gasteiger partial charge in [0.2, 0.25) is 0 Å². The van der Waals surface area contributed by atoms with E-state index in [1.807, 2.05) is 13.8 Å². The summed E-state index contributed by atoms with van der Waals surface area (Å²) in [6, 6.07) is 0.600. The van der Waals surface area contributed by atoms with E-state index in [-0.39, 0.29) is 0 Å². The number of nitrogens with one attached hydrogen (secondary N) is 1. The summed E-state index contributed by atoms with van der Waals surface area (Å²) in [4.78, 5) is 2.49. The lowest BCUT2D eigenvalue weighted by molar-refractivity contribution is 0.0520. The minimum absolute atomic E-state index is 0.518. The fourth-order valence-electron chi connectivity index (χ4n) is 2.25. The van der Waals surface area contributed by atoms with Gasteiger partial charge in [0.25, 0.3) is 0 Å². The molecule has 3 heteroatoms. The Kier molecular flexibility index (Phi) is 5.90. The number of rotatable bonds is 6. The molecule has 1 fully saturated rings. The molecule has 0 aromatic rings. The van der Waals surface area contributed by atoms with Crippen molar-refractivity contribution in [1.82, 2.24) is 10.2 Å². The zero-order chi connectivity index (χ0) is 12.9. The quantitative estimate of drug-likeness (QED) is 0.746. The van der Waals surface area contributed by atoms with Gasteiger partial charge in [0.15, 0.2) is 0 Å². The van der Waals surface area contributed by atoms with E-state index in [2.05, 4.69) is 24.1 Å². The van der Waals surface area contributed by atoms with Gasteiger partial charge < -0.3 is 15.3 Å². The van der Waals surface area contributed by atoms with Gasteiger partial charge in [-0.15, -0.1) is 0 Å². The van der Waals surface area contributed by atoms with Crippen molar-refractivity contribution in [3.8, 4) is 0 Å². The van der Waals surface area contributed by atoms with Crippen LogP contribution < -0.4 is 5.32 Å². The minimum atomic E-state index is -0.518. The third-order valence-corrected chi connectivity index (χ3v) is 3.56. The summed E-state index contributed by atoms with van der Waals surface area (Å²) in [5.41, 5.74) is -0.518. The molecule has 1 aliphatic heterocycles. The van der Waals surface area contributed by atoms with Gasteiger partial charge in [-0.2, -0.15) is 0 Å². The minimum Gasteiger partial charge on any atom is -0.390 e. The molecule has 1 aliphatic rings. The molecule has 0 amide bonds. The molecule has 0 bridgehead atoms. The molecule has 2 N–H and O–H groups in total. The summed E-state index contributed by atoms with van der Waals surface area (Å²) in [5.74, 6) is 0.843. The average molecular weight is 242 g/mol. The number of nitrogens with zero attached hydrogens (tertiary/aromatic N) is 1. The Balaban J connectivity index is 2.13. The van der Waals surface area contributed by atoms with Gasteiger partial charge in [-0.25, -0.2) is 0 Å². The fraction of sp³-hybridized carbons (Fsp3) is 1.00. The molecule has 0 aromatic carbocycles. The van der Waals surface area contributed by atoms with Crippen LogP contribution >= 0.6 is 0 Å². The standard InChI is InChI=1S/C14H30N2O/c1-12(2)15-11-13-5-8-16(9-6-13)10-7-14(3,4)17/h12-13,15,17H,5-11H2,1-4H3. The van der Waals surface area contributed by atoms with Crippen molar-refractivity contribution in [2.45, 2.75) is 58.6 Å². The maximum atomic E-state index is 9.71. The third kappa shape index (κ3) is 7.02. The summed E-state index contributed by atoms with van der Waals surface area (Å²) in [6.45, 7) is 12.8. The van der Waals surface area contributed by atoms with Crippen molar-refractivity contribution in [3.63, 3.8) is 0 Å². The van der Waals surface area contributed by atoms with Gasteiger partial charge >= 0.3 is 0 Å². The van der Waals surface area contributed by atoms with Crippen LogP contribution in [0.2, 0.25) is 0 Å². The van der Waals surface area contributed by atoms with Crippen molar-refractivity contribution >= 4 is 0 Å². The molecule has 0 saturated carbocycles. The molecule has 1 saturated heterocycles. The summed E-state index contributed by atoms with van der Waals surface area (Å²) in [7, 11) is 0. The van der Waals surface area contributed by atoms with E-state index in [9.17, 15) is 5.11 Å². The Bertz CT molecular complexity index is 203. The van der Waals surface area contributed by atoms with Crippen LogP contribution in [-0.4, -0.2) is 47.8 Å². The fourth-order valence-corrected chi connectivity index (χ4v) is 2.25. The normalized spacial score (nSPS) is 20.1. The van der Waals surface area contributed by atoms with E-state index in [4.69, 9.17) is 0 Å². The van der Waals surface area contributed by atoms with Crippen LogP contribution in [0, 0.1) is 5.92 Å². The van der Waals surface area contributed by atoms with E-state index in [1.54, 1.807) is 0 Å². The SMILES string of the molecule is CC(C)NCC1CCN(CCC(C)(C)O)CC1. The molecule has 1 rings (SSSR count). The summed E-state index contributed by atoms with van der Waals surface area (Å²) in [6.07, 6.45) is 3.47. The highest BCUT2D eigenvalue weighted by Crippen LogP contribution is 2.18. The van der Waals surface area contributed by atoms with Crippen LogP contribution in [0.1, 0.15) is 47.0 Å². The molecule has 0 aliphatic carbocycles. The van der Waals surface area contributed by atoms with Gasteiger partial charge in [0, 0.05) is 12.6 Å². The lowest BCUT2D eigenvalue weighted by Gasteiger charge is -2.33. The van der Waals surface area contributed by atoms with Crippen LogP contribution in [0.25, 0.3) is 0 Å². The highest BCUT2D eigenvalue weighted by Gasteiger charge is 2.21. The topological polar surface area (TPSA) is 35.5 Å². The number of aliphatic hydroxyl groups is 1. The Morgan fingerprint density at radius 1 is 1.29 bits per heavy atom. The summed E-state index contributed by atoms with van der Waals surface area (Å²) in [5, 5.41) is 13.2. The molecule has 0 radical (unpaired) electrons. The average Bonchev–Trinajstić information content (AvgIpc) is 2.24. The highest BCUT2D eigenvalue weighted by atomic mass is 16.3. The molecule has 0 unspecified atom stereocenters. The number of hydrogen-bond donors (Lipinski definition) is 2. The van der Waals surface area contributed by atoms with Crippen LogP contribution in [0.3, 0.4) is 0 Å². The van der Waals surface area contributed by atoms with Crippen LogP contribution in [0.5, 0.6) is 0 Å². The van der Waals surface area contributed by atoms with Gasteiger partial charge in [-0.1, -0.05) is 13.8 Å². The Morgan fingerprint density at radius 3 is 2.35 bits per heavy atom. The number of likely N-dealkylation sites (tertiary alicyclic amines) is 1. The van der Waals surface area contributed by atoms with E-state index >= 15 is 0 Å². The summed E-state index contributed by atoms with van der Waals surface area (Å²) >= 11 is 0. The van der Waals surface area contributed by atoms with Crippen LogP contribution in [0.4, 0.5) is 0 Å². The second kappa shape index (κ2) is 6.72. The van der Waals surface area contributed by atoms with E-state index in [0.29, 0.717) is 6.04 Å². The molecule has 0 spiro atoms. The molecular weight excluding hydrogens is 212 g/mol. The Morgan fingerprint density at radius 2 is 1.88 bits per heavy atom. The van der Waals surface area contributed by atoms with E-state index in [0.717, 1.165) is 25.4 Å². The van der Waals surface area contributed by atoms with Crippen molar-refractivity contribution < 1.29 is 5.11 Å². The number of piperidine rings is 1. The van der Waals surface area contributed by atoms with Gasteiger partial charge in [-0.05, 0) is 58.7 Å².